The minimum absolute atomic E-state index is 0.0330. The van der Waals surface area contributed by atoms with Crippen LogP contribution < -0.4 is 15.4 Å². The summed E-state index contributed by atoms with van der Waals surface area (Å²) in [4.78, 5) is 25.6. The van der Waals surface area contributed by atoms with Crippen LogP contribution in [0.3, 0.4) is 0 Å². The number of tetrazole rings is 1. The molecule has 0 spiro atoms. The van der Waals surface area contributed by atoms with Gasteiger partial charge in [0, 0.05) is 44.1 Å². The average Bonchev–Trinajstić information content (AvgIpc) is 3.63. The highest BCUT2D eigenvalue weighted by Gasteiger charge is 2.39. The summed E-state index contributed by atoms with van der Waals surface area (Å²) in [5.74, 6) is -1.19. The van der Waals surface area contributed by atoms with E-state index in [2.05, 4.69) is 26.2 Å². The number of amides is 2. The van der Waals surface area contributed by atoms with Gasteiger partial charge in [0.15, 0.2) is 0 Å². The SMILES string of the molecule is COc1ccc(-n2nnnc2C(F)(F)F)cc1CN[C@H]1CCN(C(=O)CNC(C)=O)C[C@H]1c1ccccc1.OC[C@@H](O)[C@@H](O)[C@H](O)[C@H](O)CO. The maximum atomic E-state index is 13.3. The van der Waals surface area contributed by atoms with Gasteiger partial charge < -0.3 is 50.9 Å². The number of rotatable bonds is 13. The van der Waals surface area contributed by atoms with Gasteiger partial charge in [0.2, 0.25) is 11.8 Å². The first-order valence-corrected chi connectivity index (χ1v) is 15.5. The van der Waals surface area contributed by atoms with E-state index in [0.29, 0.717) is 42.0 Å². The molecule has 6 atom stereocenters. The highest BCUT2D eigenvalue weighted by atomic mass is 19.4. The van der Waals surface area contributed by atoms with Gasteiger partial charge in [-0.1, -0.05) is 30.3 Å². The molecule has 16 nitrogen and oxygen atoms in total. The predicted octanol–water partition coefficient (Wildman–Crippen LogP) is -1.29. The Bertz CT molecular complexity index is 1500. The Morgan fingerprint density at radius 2 is 1.66 bits per heavy atom. The molecule has 2 aromatic carbocycles. The van der Waals surface area contributed by atoms with Gasteiger partial charge in [0.1, 0.15) is 30.2 Å². The first kappa shape index (κ1) is 40.2. The standard InChI is InChI=1S/C25H28F3N7O3.C6H14O6/c1-16(36)29-14-23(37)34-11-10-21(20(15-34)17-6-4-3-5-7-17)30-13-18-12-19(8-9-22(18)38-2)35-24(25(26,27)28)31-32-33-35;7-1-3(9)5(11)6(12)4(10)2-8/h3-9,12,20-21,30H,10-11,13-15H2,1-2H3,(H,29,36);3-12H,1-2H2/t20-,21-;3-,4-,5-,6-/m01/s1. The van der Waals surface area contributed by atoms with Crippen molar-refractivity contribution in [2.45, 2.75) is 62.4 Å². The third kappa shape index (κ3) is 10.9. The van der Waals surface area contributed by atoms with Gasteiger partial charge in [-0.2, -0.15) is 17.9 Å². The minimum atomic E-state index is -4.71. The summed E-state index contributed by atoms with van der Waals surface area (Å²) < 4.78 is 46.1. The van der Waals surface area contributed by atoms with E-state index in [1.54, 1.807) is 17.0 Å². The molecule has 0 unspecified atom stereocenters. The first-order valence-electron chi connectivity index (χ1n) is 15.5. The van der Waals surface area contributed by atoms with E-state index in [1.165, 1.54) is 20.1 Å². The van der Waals surface area contributed by atoms with E-state index < -0.39 is 49.6 Å². The van der Waals surface area contributed by atoms with Crippen molar-refractivity contribution < 1.29 is 58.1 Å². The van der Waals surface area contributed by atoms with E-state index >= 15 is 0 Å². The summed E-state index contributed by atoms with van der Waals surface area (Å²) in [5.41, 5.74) is 1.83. The summed E-state index contributed by atoms with van der Waals surface area (Å²) >= 11 is 0. The number of halogens is 3. The fourth-order valence-corrected chi connectivity index (χ4v) is 5.26. The van der Waals surface area contributed by atoms with Crippen LogP contribution in [0.1, 0.15) is 36.2 Å². The van der Waals surface area contributed by atoms with Crippen molar-refractivity contribution in [3.8, 4) is 11.4 Å². The summed E-state index contributed by atoms with van der Waals surface area (Å²) in [6.07, 6.45) is -10.5. The molecule has 1 aromatic heterocycles. The Morgan fingerprint density at radius 1 is 1.02 bits per heavy atom. The number of nitrogens with zero attached hydrogens (tertiary/aromatic N) is 5. The van der Waals surface area contributed by atoms with Crippen molar-refractivity contribution in [3.05, 3.63) is 65.5 Å². The molecule has 8 N–H and O–H groups in total. The van der Waals surface area contributed by atoms with Crippen molar-refractivity contribution in [3.63, 3.8) is 0 Å². The quantitative estimate of drug-likeness (QED) is 0.103. The van der Waals surface area contributed by atoms with Crippen LogP contribution in [-0.2, 0) is 22.3 Å². The lowest BCUT2D eigenvalue weighted by Gasteiger charge is -2.39. The second-order valence-electron chi connectivity index (χ2n) is 11.4. The number of hydrogen-bond donors (Lipinski definition) is 8. The van der Waals surface area contributed by atoms with Crippen molar-refractivity contribution in [2.75, 3.05) is 40.0 Å². The van der Waals surface area contributed by atoms with Crippen LogP contribution in [-0.4, -0.2) is 138 Å². The van der Waals surface area contributed by atoms with E-state index in [0.717, 1.165) is 5.56 Å². The van der Waals surface area contributed by atoms with E-state index in [9.17, 15) is 22.8 Å². The minimum Gasteiger partial charge on any atom is -0.496 e. The van der Waals surface area contributed by atoms with Crippen molar-refractivity contribution in [2.24, 2.45) is 0 Å². The van der Waals surface area contributed by atoms with Crippen LogP contribution >= 0.6 is 0 Å². The Morgan fingerprint density at radius 3 is 2.22 bits per heavy atom. The van der Waals surface area contributed by atoms with E-state index in [-0.39, 0.29) is 36.0 Å². The third-order valence-corrected chi connectivity index (χ3v) is 7.98. The predicted molar refractivity (Wildman–Crippen MR) is 169 cm³/mol. The fourth-order valence-electron chi connectivity index (χ4n) is 5.26. The van der Waals surface area contributed by atoms with Gasteiger partial charge in [-0.05, 0) is 40.6 Å². The average molecular weight is 714 g/mol. The number of methoxy groups -OCH3 is 1. The molecule has 2 amide bonds. The molecule has 1 fully saturated rings. The number of hydrogen-bond acceptors (Lipinski definition) is 13. The van der Waals surface area contributed by atoms with Crippen molar-refractivity contribution in [1.82, 2.24) is 35.7 Å². The molecule has 1 aliphatic rings. The van der Waals surface area contributed by atoms with Crippen LogP contribution in [0.25, 0.3) is 5.69 Å². The maximum absolute atomic E-state index is 13.3. The van der Waals surface area contributed by atoms with Gasteiger partial charge in [-0.15, -0.1) is 5.10 Å². The number of benzene rings is 2. The lowest BCUT2D eigenvalue weighted by molar-refractivity contribution is -0.146. The number of aliphatic hydroxyl groups is 6. The molecule has 0 radical (unpaired) electrons. The molecule has 1 saturated heterocycles. The molecule has 1 aliphatic heterocycles. The highest BCUT2D eigenvalue weighted by molar-refractivity contribution is 5.83. The van der Waals surface area contributed by atoms with Gasteiger partial charge in [-0.3, -0.25) is 9.59 Å². The molecule has 19 heteroatoms. The van der Waals surface area contributed by atoms with Gasteiger partial charge >= 0.3 is 6.18 Å². The largest absolute Gasteiger partial charge is 0.496 e. The molecular weight excluding hydrogens is 671 g/mol. The van der Waals surface area contributed by atoms with Crippen LogP contribution in [0.4, 0.5) is 13.2 Å². The fraction of sp³-hybridized carbons (Fsp3) is 0.516. The number of nitrogens with one attached hydrogen (secondary N) is 2. The topological polar surface area (TPSA) is 236 Å². The van der Waals surface area contributed by atoms with E-state index in [4.69, 9.17) is 35.4 Å². The molecule has 0 saturated carbocycles. The number of likely N-dealkylation sites (tertiary alicyclic amines) is 1. The highest BCUT2D eigenvalue weighted by Crippen LogP contribution is 2.31. The van der Waals surface area contributed by atoms with Gasteiger partial charge in [0.05, 0.1) is 32.6 Å². The molecule has 50 heavy (non-hydrogen) atoms. The number of alkyl halides is 3. The zero-order chi connectivity index (χ0) is 37.0. The normalized spacial score (nSPS) is 18.7. The van der Waals surface area contributed by atoms with Gasteiger partial charge in [-0.25, -0.2) is 0 Å². The van der Waals surface area contributed by atoms with Crippen LogP contribution in [0, 0.1) is 0 Å². The number of carbonyl (C=O) groups is 2. The Balaban J connectivity index is 0.000000482. The zero-order valence-corrected chi connectivity index (χ0v) is 27.3. The summed E-state index contributed by atoms with van der Waals surface area (Å²) in [6.45, 7) is 1.10. The monoisotopic (exact) mass is 713 g/mol. The van der Waals surface area contributed by atoms with Gasteiger partial charge in [0.25, 0.3) is 5.82 Å². The molecule has 2 heterocycles. The molecule has 4 rings (SSSR count). The lowest BCUT2D eigenvalue weighted by atomic mass is 9.85. The Kier molecular flexibility index (Phi) is 15.0. The number of aliphatic hydroxyl groups excluding tert-OH is 6. The third-order valence-electron chi connectivity index (χ3n) is 7.98. The number of aromatic nitrogens is 4. The zero-order valence-electron chi connectivity index (χ0n) is 27.3. The molecule has 0 aliphatic carbocycles. The number of ether oxygens (including phenoxy) is 1. The smallest absolute Gasteiger partial charge is 0.453 e. The number of carbonyl (C=O) groups excluding carboxylic acids is 2. The Hall–Kier alpha value is -4.24. The van der Waals surface area contributed by atoms with Crippen LogP contribution in [0.15, 0.2) is 48.5 Å². The van der Waals surface area contributed by atoms with Crippen LogP contribution in [0.2, 0.25) is 0 Å². The summed E-state index contributed by atoms with van der Waals surface area (Å²) in [5, 5.41) is 68.1. The molecule has 0 bridgehead atoms. The summed E-state index contributed by atoms with van der Waals surface area (Å²) in [6, 6.07) is 14.3. The second-order valence-corrected chi connectivity index (χ2v) is 11.4. The summed E-state index contributed by atoms with van der Waals surface area (Å²) in [7, 11) is 1.49. The molecule has 3 aromatic rings. The van der Waals surface area contributed by atoms with Crippen molar-refractivity contribution in [1.29, 1.82) is 0 Å². The first-order chi connectivity index (χ1) is 23.7. The molecule has 276 valence electrons. The van der Waals surface area contributed by atoms with E-state index in [1.807, 2.05) is 30.3 Å². The van der Waals surface area contributed by atoms with Crippen LogP contribution in [0.5, 0.6) is 5.75 Å². The van der Waals surface area contributed by atoms with Crippen molar-refractivity contribution >= 4 is 11.8 Å². The second kappa shape index (κ2) is 18.7. The number of piperidine rings is 1. The molecular formula is C31H42F3N7O9. The Labute approximate surface area is 285 Å². The lowest BCUT2D eigenvalue weighted by Crippen LogP contribution is -2.51. The maximum Gasteiger partial charge on any atom is 0.453 e.